The second-order valence-corrected chi connectivity index (χ2v) is 6.20. The molecule has 17 heavy (non-hydrogen) atoms. The van der Waals surface area contributed by atoms with E-state index >= 15 is 0 Å². The van der Waals surface area contributed by atoms with Crippen molar-refractivity contribution in [3.05, 3.63) is 0 Å². The van der Waals surface area contributed by atoms with Crippen LogP contribution in [0, 0.1) is 0 Å². The van der Waals surface area contributed by atoms with Crippen LogP contribution >= 0.6 is 0 Å². The van der Waals surface area contributed by atoms with Crippen molar-refractivity contribution in [3.8, 4) is 0 Å². The number of esters is 1. The highest BCUT2D eigenvalue weighted by molar-refractivity contribution is 7.87. The zero-order valence-electron chi connectivity index (χ0n) is 9.89. The number of piperidine rings is 1. The first-order valence-corrected chi connectivity index (χ1v) is 7.35. The van der Waals surface area contributed by atoms with Crippen LogP contribution in [0.3, 0.4) is 0 Å². The fourth-order valence-corrected chi connectivity index (χ4v) is 3.73. The lowest BCUT2D eigenvalue weighted by molar-refractivity contribution is -0.146. The highest BCUT2D eigenvalue weighted by Crippen LogP contribution is 2.25. The van der Waals surface area contributed by atoms with E-state index in [1.54, 1.807) is 0 Å². The lowest BCUT2D eigenvalue weighted by atomic mass is 10.1. The van der Waals surface area contributed by atoms with Gasteiger partial charge in [0.05, 0.1) is 7.11 Å². The molecule has 1 aliphatic heterocycles. The molecule has 1 saturated carbocycles. The number of nitrogens with zero attached hydrogens (tertiary/aromatic N) is 1. The van der Waals surface area contributed by atoms with Gasteiger partial charge in [0.25, 0.3) is 10.2 Å². The van der Waals surface area contributed by atoms with Gasteiger partial charge in [0.1, 0.15) is 6.04 Å². The van der Waals surface area contributed by atoms with E-state index in [1.165, 1.54) is 11.4 Å². The largest absolute Gasteiger partial charge is 0.468 e. The van der Waals surface area contributed by atoms with E-state index < -0.39 is 22.2 Å². The summed E-state index contributed by atoms with van der Waals surface area (Å²) in [5.41, 5.74) is 0. The smallest absolute Gasteiger partial charge is 0.324 e. The first-order chi connectivity index (χ1) is 8.04. The number of rotatable bonds is 4. The summed E-state index contributed by atoms with van der Waals surface area (Å²) in [7, 11) is -2.25. The topological polar surface area (TPSA) is 75.7 Å². The van der Waals surface area contributed by atoms with Crippen molar-refractivity contribution in [1.82, 2.24) is 9.03 Å². The Morgan fingerprint density at radius 3 is 2.59 bits per heavy atom. The molecule has 0 unspecified atom stereocenters. The molecule has 1 saturated heterocycles. The minimum atomic E-state index is -3.54. The van der Waals surface area contributed by atoms with Crippen molar-refractivity contribution in [3.63, 3.8) is 0 Å². The van der Waals surface area contributed by atoms with Crippen molar-refractivity contribution >= 4 is 16.2 Å². The van der Waals surface area contributed by atoms with Gasteiger partial charge in [-0.2, -0.15) is 17.4 Å². The fraction of sp³-hybridized carbons (Fsp3) is 0.900. The predicted octanol–water partition coefficient (Wildman–Crippen LogP) is 0.0107. The van der Waals surface area contributed by atoms with Crippen molar-refractivity contribution in [2.45, 2.75) is 44.2 Å². The van der Waals surface area contributed by atoms with Crippen LogP contribution in [0.4, 0.5) is 0 Å². The fourth-order valence-electron chi connectivity index (χ4n) is 2.04. The summed E-state index contributed by atoms with van der Waals surface area (Å²) in [6.07, 6.45) is 3.96. The van der Waals surface area contributed by atoms with Crippen molar-refractivity contribution in [2.24, 2.45) is 0 Å². The van der Waals surface area contributed by atoms with Crippen LogP contribution in [0.2, 0.25) is 0 Å². The SMILES string of the molecule is COC(=O)[C@H]1CCCCN1S(=O)(=O)NC1CC1. The van der Waals surface area contributed by atoms with E-state index in [4.69, 9.17) is 0 Å². The van der Waals surface area contributed by atoms with Crippen LogP contribution in [-0.4, -0.2) is 44.4 Å². The maximum absolute atomic E-state index is 12.1. The van der Waals surface area contributed by atoms with E-state index in [0.29, 0.717) is 13.0 Å². The Bertz CT molecular complexity index is 391. The Morgan fingerprint density at radius 1 is 1.29 bits per heavy atom. The molecule has 1 atom stereocenters. The highest BCUT2D eigenvalue weighted by Gasteiger charge is 2.39. The van der Waals surface area contributed by atoms with Crippen molar-refractivity contribution < 1.29 is 17.9 Å². The molecule has 0 amide bonds. The summed E-state index contributed by atoms with van der Waals surface area (Å²) >= 11 is 0. The second-order valence-electron chi connectivity index (χ2n) is 4.54. The molecule has 2 rings (SSSR count). The molecule has 1 heterocycles. The van der Waals surface area contributed by atoms with E-state index in [-0.39, 0.29) is 6.04 Å². The highest BCUT2D eigenvalue weighted by atomic mass is 32.2. The van der Waals surface area contributed by atoms with Gasteiger partial charge in [-0.05, 0) is 32.1 Å². The Hall–Kier alpha value is -0.660. The molecule has 2 aliphatic rings. The summed E-state index contributed by atoms with van der Waals surface area (Å²) < 4.78 is 32.7. The van der Waals surface area contributed by atoms with Crippen molar-refractivity contribution in [1.29, 1.82) is 0 Å². The monoisotopic (exact) mass is 262 g/mol. The van der Waals surface area contributed by atoms with Gasteiger partial charge in [-0.3, -0.25) is 4.79 Å². The molecule has 6 nitrogen and oxygen atoms in total. The summed E-state index contributed by atoms with van der Waals surface area (Å²) in [6.45, 7) is 0.391. The van der Waals surface area contributed by atoms with Gasteiger partial charge >= 0.3 is 5.97 Å². The standard InChI is InChI=1S/C10H18N2O4S/c1-16-10(13)9-4-2-3-7-12(9)17(14,15)11-8-5-6-8/h8-9,11H,2-7H2,1H3/t9-/m1/s1. The molecule has 0 aromatic carbocycles. The number of nitrogens with one attached hydrogen (secondary N) is 1. The maximum atomic E-state index is 12.1. The molecule has 0 spiro atoms. The van der Waals surface area contributed by atoms with Crippen LogP contribution in [-0.2, 0) is 19.7 Å². The Balaban J connectivity index is 2.11. The van der Waals surface area contributed by atoms with Gasteiger partial charge < -0.3 is 4.74 Å². The normalized spacial score (nSPS) is 26.8. The lowest BCUT2D eigenvalue weighted by Crippen LogP contribution is -2.52. The van der Waals surface area contributed by atoms with Gasteiger partial charge in [0.15, 0.2) is 0 Å². The van der Waals surface area contributed by atoms with E-state index in [0.717, 1.165) is 25.7 Å². The average Bonchev–Trinajstić information content (AvgIpc) is 3.11. The minimum absolute atomic E-state index is 0.0558. The zero-order valence-corrected chi connectivity index (χ0v) is 10.7. The predicted molar refractivity (Wildman–Crippen MR) is 61.4 cm³/mol. The van der Waals surface area contributed by atoms with E-state index in [9.17, 15) is 13.2 Å². The molecule has 2 fully saturated rings. The number of carbonyl (C=O) groups excluding carboxylic acids is 1. The van der Waals surface area contributed by atoms with Crippen molar-refractivity contribution in [2.75, 3.05) is 13.7 Å². The minimum Gasteiger partial charge on any atom is -0.468 e. The summed E-state index contributed by atoms with van der Waals surface area (Å²) in [5.74, 6) is -0.467. The summed E-state index contributed by atoms with van der Waals surface area (Å²) in [4.78, 5) is 11.6. The molecular formula is C10H18N2O4S. The molecule has 0 aromatic heterocycles. The molecule has 7 heteroatoms. The molecule has 0 radical (unpaired) electrons. The van der Waals surface area contributed by atoms with Gasteiger partial charge in [-0.15, -0.1) is 0 Å². The number of hydrogen-bond acceptors (Lipinski definition) is 4. The van der Waals surface area contributed by atoms with Gasteiger partial charge in [-0.1, -0.05) is 0 Å². The van der Waals surface area contributed by atoms with E-state index in [1.807, 2.05) is 0 Å². The first kappa shape index (κ1) is 12.8. The lowest BCUT2D eigenvalue weighted by Gasteiger charge is -2.32. The quantitative estimate of drug-likeness (QED) is 0.724. The van der Waals surface area contributed by atoms with Gasteiger partial charge in [-0.25, -0.2) is 0 Å². The Morgan fingerprint density at radius 2 is 2.00 bits per heavy atom. The zero-order chi connectivity index (χ0) is 12.5. The summed E-state index contributed by atoms with van der Waals surface area (Å²) in [6, 6.07) is -0.606. The van der Waals surface area contributed by atoms with E-state index in [2.05, 4.69) is 9.46 Å². The number of methoxy groups -OCH3 is 1. The molecule has 1 aliphatic carbocycles. The van der Waals surface area contributed by atoms with Crippen LogP contribution in [0.15, 0.2) is 0 Å². The van der Waals surface area contributed by atoms with Crippen LogP contribution in [0.5, 0.6) is 0 Å². The third-order valence-electron chi connectivity index (χ3n) is 3.13. The third-order valence-corrected chi connectivity index (χ3v) is 4.81. The molecule has 0 bridgehead atoms. The molecule has 1 N–H and O–H groups in total. The van der Waals surface area contributed by atoms with Crippen LogP contribution in [0.25, 0.3) is 0 Å². The van der Waals surface area contributed by atoms with Crippen LogP contribution in [0.1, 0.15) is 32.1 Å². The van der Waals surface area contributed by atoms with Gasteiger partial charge in [0.2, 0.25) is 0 Å². The molecule has 98 valence electrons. The molecular weight excluding hydrogens is 244 g/mol. The number of carbonyl (C=O) groups is 1. The number of hydrogen-bond donors (Lipinski definition) is 1. The van der Waals surface area contributed by atoms with Crippen LogP contribution < -0.4 is 4.72 Å². The Labute approximate surface area is 101 Å². The maximum Gasteiger partial charge on any atom is 0.324 e. The molecule has 0 aromatic rings. The second kappa shape index (κ2) is 4.91. The number of ether oxygens (including phenoxy) is 1. The Kier molecular flexibility index (Phi) is 3.70. The third kappa shape index (κ3) is 2.97. The summed E-state index contributed by atoms with van der Waals surface area (Å²) in [5, 5.41) is 0. The average molecular weight is 262 g/mol. The van der Waals surface area contributed by atoms with Gasteiger partial charge in [0, 0.05) is 12.6 Å². The first-order valence-electron chi connectivity index (χ1n) is 5.91.